The summed E-state index contributed by atoms with van der Waals surface area (Å²) in [6.45, 7) is 8.85. The molecule has 0 bridgehead atoms. The van der Waals surface area contributed by atoms with E-state index in [0.29, 0.717) is 6.04 Å². The van der Waals surface area contributed by atoms with Crippen LogP contribution in [0.1, 0.15) is 26.3 Å². The molecular formula is C15H25NO2. The van der Waals surface area contributed by atoms with Crippen LogP contribution in [0.2, 0.25) is 0 Å². The van der Waals surface area contributed by atoms with Crippen molar-refractivity contribution in [2.24, 2.45) is 0 Å². The van der Waals surface area contributed by atoms with Gasteiger partial charge in [-0.2, -0.15) is 0 Å². The molecule has 3 heteroatoms. The molecule has 1 aromatic rings. The van der Waals surface area contributed by atoms with Crippen LogP contribution in [-0.2, 0) is 6.42 Å². The smallest absolute Gasteiger partial charge is 0.160 e. The Bertz CT molecular complexity index is 362. The second-order valence-electron chi connectivity index (χ2n) is 4.46. The minimum absolute atomic E-state index is 0.540. The van der Waals surface area contributed by atoms with Crippen molar-refractivity contribution in [3.63, 3.8) is 0 Å². The largest absolute Gasteiger partial charge is 0.493 e. The predicted octanol–water partition coefficient (Wildman–Crippen LogP) is 2.98. The second kappa shape index (κ2) is 7.27. The minimum Gasteiger partial charge on any atom is -0.493 e. The summed E-state index contributed by atoms with van der Waals surface area (Å²) in [5.74, 6) is 1.60. The quantitative estimate of drug-likeness (QED) is 0.743. The summed E-state index contributed by atoms with van der Waals surface area (Å²) in [6.07, 6.45) is 1.03. The first-order valence-corrected chi connectivity index (χ1v) is 6.61. The fraction of sp³-hybridized carbons (Fsp3) is 0.600. The highest BCUT2D eigenvalue weighted by Crippen LogP contribution is 2.28. The molecule has 0 heterocycles. The summed E-state index contributed by atoms with van der Waals surface area (Å²) < 4.78 is 10.6. The van der Waals surface area contributed by atoms with E-state index in [1.54, 1.807) is 14.2 Å². The lowest BCUT2D eigenvalue weighted by Gasteiger charge is -2.26. The Hall–Kier alpha value is -1.22. The standard InChI is InChI=1S/C15H25NO2/c1-6-16(7-2)12(3)10-13-8-9-14(17-4)15(11-13)18-5/h8-9,11-12H,6-7,10H2,1-5H3. The van der Waals surface area contributed by atoms with Crippen molar-refractivity contribution in [3.8, 4) is 11.5 Å². The van der Waals surface area contributed by atoms with Gasteiger partial charge in [0.25, 0.3) is 0 Å². The average molecular weight is 251 g/mol. The van der Waals surface area contributed by atoms with Crippen molar-refractivity contribution < 1.29 is 9.47 Å². The van der Waals surface area contributed by atoms with Crippen LogP contribution in [0.3, 0.4) is 0 Å². The monoisotopic (exact) mass is 251 g/mol. The number of ether oxygens (including phenoxy) is 2. The number of hydrogen-bond acceptors (Lipinski definition) is 3. The van der Waals surface area contributed by atoms with Gasteiger partial charge >= 0.3 is 0 Å². The summed E-state index contributed by atoms with van der Waals surface area (Å²) >= 11 is 0. The van der Waals surface area contributed by atoms with Crippen molar-refractivity contribution in [2.75, 3.05) is 27.3 Å². The van der Waals surface area contributed by atoms with Crippen molar-refractivity contribution >= 4 is 0 Å². The Morgan fingerprint density at radius 2 is 1.67 bits per heavy atom. The third-order valence-electron chi connectivity index (χ3n) is 3.41. The molecule has 0 N–H and O–H groups in total. The number of rotatable bonds is 7. The maximum absolute atomic E-state index is 5.33. The summed E-state index contributed by atoms with van der Waals surface area (Å²) in [6, 6.07) is 6.70. The molecule has 0 aliphatic rings. The van der Waals surface area contributed by atoms with Gasteiger partial charge in [-0.25, -0.2) is 0 Å². The Kier molecular flexibility index (Phi) is 5.99. The molecule has 0 aliphatic heterocycles. The van der Waals surface area contributed by atoms with Crippen molar-refractivity contribution in [1.82, 2.24) is 4.90 Å². The van der Waals surface area contributed by atoms with Crippen LogP contribution in [0.15, 0.2) is 18.2 Å². The summed E-state index contributed by atoms with van der Waals surface area (Å²) in [4.78, 5) is 2.46. The zero-order valence-electron chi connectivity index (χ0n) is 12.2. The van der Waals surface area contributed by atoms with E-state index in [1.165, 1.54) is 5.56 Å². The van der Waals surface area contributed by atoms with E-state index in [1.807, 2.05) is 6.07 Å². The highest BCUT2D eigenvalue weighted by molar-refractivity contribution is 5.43. The minimum atomic E-state index is 0.540. The average Bonchev–Trinajstić information content (AvgIpc) is 2.40. The predicted molar refractivity (Wildman–Crippen MR) is 75.6 cm³/mol. The second-order valence-corrected chi connectivity index (χ2v) is 4.46. The summed E-state index contributed by atoms with van der Waals surface area (Å²) in [7, 11) is 3.34. The Labute approximate surface area is 111 Å². The molecule has 0 aromatic heterocycles. The normalized spacial score (nSPS) is 12.6. The molecule has 0 saturated carbocycles. The third-order valence-corrected chi connectivity index (χ3v) is 3.41. The maximum atomic E-state index is 5.33. The molecule has 3 nitrogen and oxygen atoms in total. The van der Waals surface area contributed by atoms with E-state index in [0.717, 1.165) is 31.0 Å². The van der Waals surface area contributed by atoms with Crippen molar-refractivity contribution in [2.45, 2.75) is 33.2 Å². The molecule has 1 aromatic carbocycles. The summed E-state index contributed by atoms with van der Waals surface area (Å²) in [5.41, 5.74) is 1.28. The molecule has 1 rings (SSSR count). The molecule has 102 valence electrons. The van der Waals surface area contributed by atoms with Gasteiger partial charge in [0.1, 0.15) is 0 Å². The number of methoxy groups -OCH3 is 2. The van der Waals surface area contributed by atoms with Gasteiger partial charge < -0.3 is 14.4 Å². The van der Waals surface area contributed by atoms with Crippen LogP contribution in [0.25, 0.3) is 0 Å². The van der Waals surface area contributed by atoms with Gasteiger partial charge in [-0.05, 0) is 44.1 Å². The first-order valence-electron chi connectivity index (χ1n) is 6.61. The van der Waals surface area contributed by atoms with Gasteiger partial charge in [0.15, 0.2) is 11.5 Å². The van der Waals surface area contributed by atoms with Gasteiger partial charge in [-0.3, -0.25) is 0 Å². The molecule has 0 saturated heterocycles. The van der Waals surface area contributed by atoms with Crippen LogP contribution in [0, 0.1) is 0 Å². The lowest BCUT2D eigenvalue weighted by molar-refractivity contribution is 0.230. The van der Waals surface area contributed by atoms with E-state index in [9.17, 15) is 0 Å². The molecule has 0 fully saturated rings. The molecule has 0 spiro atoms. The van der Waals surface area contributed by atoms with Gasteiger partial charge in [0, 0.05) is 6.04 Å². The Balaban J connectivity index is 2.78. The van der Waals surface area contributed by atoms with E-state index < -0.39 is 0 Å². The molecule has 0 aliphatic carbocycles. The SMILES string of the molecule is CCN(CC)C(C)Cc1ccc(OC)c(OC)c1. The zero-order chi connectivity index (χ0) is 13.5. The number of nitrogens with zero attached hydrogens (tertiary/aromatic N) is 1. The highest BCUT2D eigenvalue weighted by atomic mass is 16.5. The number of benzene rings is 1. The van der Waals surface area contributed by atoms with E-state index in [-0.39, 0.29) is 0 Å². The lowest BCUT2D eigenvalue weighted by atomic mass is 10.1. The summed E-state index contributed by atoms with van der Waals surface area (Å²) in [5, 5.41) is 0. The Morgan fingerprint density at radius 1 is 1.06 bits per heavy atom. The molecule has 18 heavy (non-hydrogen) atoms. The van der Waals surface area contributed by atoms with Gasteiger partial charge in [-0.15, -0.1) is 0 Å². The molecule has 0 amide bonds. The topological polar surface area (TPSA) is 21.7 Å². The molecule has 1 unspecified atom stereocenters. The fourth-order valence-corrected chi connectivity index (χ4v) is 2.32. The number of likely N-dealkylation sites (N-methyl/N-ethyl adjacent to an activating group) is 1. The Morgan fingerprint density at radius 3 is 2.17 bits per heavy atom. The molecular weight excluding hydrogens is 226 g/mol. The van der Waals surface area contributed by atoms with Crippen LogP contribution in [0.5, 0.6) is 11.5 Å². The van der Waals surface area contributed by atoms with E-state index in [2.05, 4.69) is 37.8 Å². The van der Waals surface area contributed by atoms with E-state index >= 15 is 0 Å². The van der Waals surface area contributed by atoms with E-state index in [4.69, 9.17) is 9.47 Å². The fourth-order valence-electron chi connectivity index (χ4n) is 2.32. The zero-order valence-corrected chi connectivity index (χ0v) is 12.2. The first-order chi connectivity index (χ1) is 8.65. The lowest BCUT2D eigenvalue weighted by Crippen LogP contribution is -2.34. The van der Waals surface area contributed by atoms with Crippen LogP contribution in [-0.4, -0.2) is 38.3 Å². The van der Waals surface area contributed by atoms with Gasteiger partial charge in [-0.1, -0.05) is 19.9 Å². The molecule has 1 atom stereocenters. The van der Waals surface area contributed by atoms with Gasteiger partial charge in [0.05, 0.1) is 14.2 Å². The van der Waals surface area contributed by atoms with Crippen LogP contribution >= 0.6 is 0 Å². The number of hydrogen-bond donors (Lipinski definition) is 0. The van der Waals surface area contributed by atoms with Crippen LogP contribution < -0.4 is 9.47 Å². The van der Waals surface area contributed by atoms with Gasteiger partial charge in [0.2, 0.25) is 0 Å². The van der Waals surface area contributed by atoms with Crippen molar-refractivity contribution in [3.05, 3.63) is 23.8 Å². The van der Waals surface area contributed by atoms with Crippen LogP contribution in [0.4, 0.5) is 0 Å². The highest BCUT2D eigenvalue weighted by Gasteiger charge is 2.12. The third kappa shape index (κ3) is 3.64. The maximum Gasteiger partial charge on any atom is 0.160 e. The first kappa shape index (κ1) is 14.8. The molecule has 0 radical (unpaired) electrons. The van der Waals surface area contributed by atoms with Crippen molar-refractivity contribution in [1.29, 1.82) is 0 Å².